The zero-order valence-corrected chi connectivity index (χ0v) is 6.09. The van der Waals surface area contributed by atoms with Gasteiger partial charge in [-0.25, -0.2) is 4.98 Å². The molecular formula is C7H10N2O. The predicted octanol–water partition coefficient (Wildman–Crippen LogP) is 0.981. The first kappa shape index (κ1) is 6.86. The van der Waals surface area contributed by atoms with Crippen LogP contribution in [0.4, 0.5) is 5.69 Å². The Kier molecular flexibility index (Phi) is 1.76. The SMILES string of the molecule is COc1nccc(C)c1N. The number of methoxy groups -OCH3 is 1. The van der Waals surface area contributed by atoms with E-state index in [1.165, 1.54) is 0 Å². The lowest BCUT2D eigenvalue weighted by molar-refractivity contribution is 0.400. The average molecular weight is 138 g/mol. The molecule has 0 fully saturated rings. The van der Waals surface area contributed by atoms with Crippen molar-refractivity contribution in [1.82, 2.24) is 4.98 Å². The van der Waals surface area contributed by atoms with E-state index in [9.17, 15) is 0 Å². The number of aryl methyl sites for hydroxylation is 1. The molecule has 54 valence electrons. The van der Waals surface area contributed by atoms with Gasteiger partial charge in [-0.2, -0.15) is 0 Å². The molecule has 3 heteroatoms. The molecule has 1 heterocycles. The van der Waals surface area contributed by atoms with Gasteiger partial charge >= 0.3 is 0 Å². The normalized spacial score (nSPS) is 9.40. The van der Waals surface area contributed by atoms with Gasteiger partial charge in [-0.1, -0.05) is 0 Å². The molecule has 1 aromatic rings. The van der Waals surface area contributed by atoms with Crippen molar-refractivity contribution in [2.24, 2.45) is 0 Å². The molecule has 0 saturated carbocycles. The summed E-state index contributed by atoms with van der Waals surface area (Å²) in [6, 6.07) is 1.85. The summed E-state index contributed by atoms with van der Waals surface area (Å²) >= 11 is 0. The monoisotopic (exact) mass is 138 g/mol. The van der Waals surface area contributed by atoms with E-state index >= 15 is 0 Å². The van der Waals surface area contributed by atoms with Crippen LogP contribution in [0, 0.1) is 6.92 Å². The maximum atomic E-state index is 5.61. The molecule has 0 aliphatic heterocycles. The standard InChI is InChI=1S/C7H10N2O/c1-5-3-4-9-7(10-2)6(5)8/h3-4H,8H2,1-2H3. The van der Waals surface area contributed by atoms with Crippen LogP contribution in [0.5, 0.6) is 5.88 Å². The van der Waals surface area contributed by atoms with Gasteiger partial charge in [0.1, 0.15) is 0 Å². The zero-order chi connectivity index (χ0) is 7.56. The molecule has 3 nitrogen and oxygen atoms in total. The number of nitrogens with zero attached hydrogens (tertiary/aromatic N) is 1. The molecule has 0 bridgehead atoms. The minimum absolute atomic E-state index is 0.500. The fourth-order valence-electron chi connectivity index (χ4n) is 0.707. The fraction of sp³-hybridized carbons (Fsp3) is 0.286. The maximum absolute atomic E-state index is 5.61. The van der Waals surface area contributed by atoms with Gasteiger partial charge in [-0.3, -0.25) is 0 Å². The maximum Gasteiger partial charge on any atom is 0.237 e. The van der Waals surface area contributed by atoms with Gasteiger partial charge in [0.25, 0.3) is 0 Å². The Morgan fingerprint density at radius 3 is 2.80 bits per heavy atom. The lowest BCUT2D eigenvalue weighted by atomic mass is 10.2. The van der Waals surface area contributed by atoms with Crippen LogP contribution < -0.4 is 10.5 Å². The van der Waals surface area contributed by atoms with Crippen LogP contribution >= 0.6 is 0 Å². The second kappa shape index (κ2) is 2.56. The van der Waals surface area contributed by atoms with Gasteiger partial charge in [0.05, 0.1) is 12.8 Å². The lowest BCUT2D eigenvalue weighted by Gasteiger charge is -2.03. The molecular weight excluding hydrogens is 128 g/mol. The molecule has 0 saturated heterocycles. The summed E-state index contributed by atoms with van der Waals surface area (Å²) in [5.41, 5.74) is 7.21. The van der Waals surface area contributed by atoms with Crippen molar-refractivity contribution >= 4 is 5.69 Å². The van der Waals surface area contributed by atoms with Gasteiger partial charge in [-0.05, 0) is 18.6 Å². The van der Waals surface area contributed by atoms with Crippen LogP contribution in [-0.2, 0) is 0 Å². The van der Waals surface area contributed by atoms with E-state index in [4.69, 9.17) is 10.5 Å². The number of ether oxygens (including phenoxy) is 1. The van der Waals surface area contributed by atoms with Crippen LogP contribution in [0.15, 0.2) is 12.3 Å². The topological polar surface area (TPSA) is 48.1 Å². The van der Waals surface area contributed by atoms with Crippen LogP contribution in [0.1, 0.15) is 5.56 Å². The zero-order valence-electron chi connectivity index (χ0n) is 6.09. The molecule has 0 aromatic carbocycles. The van der Waals surface area contributed by atoms with Crippen LogP contribution in [-0.4, -0.2) is 12.1 Å². The molecule has 0 amide bonds. The van der Waals surface area contributed by atoms with E-state index in [0.717, 1.165) is 5.56 Å². The lowest BCUT2D eigenvalue weighted by Crippen LogP contribution is -1.96. The molecule has 0 atom stereocenters. The van der Waals surface area contributed by atoms with Crippen LogP contribution in [0.25, 0.3) is 0 Å². The molecule has 0 unspecified atom stereocenters. The number of rotatable bonds is 1. The molecule has 0 radical (unpaired) electrons. The minimum Gasteiger partial charge on any atom is -0.480 e. The second-order valence-corrected chi connectivity index (χ2v) is 2.05. The van der Waals surface area contributed by atoms with E-state index in [1.807, 2.05) is 13.0 Å². The quantitative estimate of drug-likeness (QED) is 0.629. The van der Waals surface area contributed by atoms with Crippen LogP contribution in [0.3, 0.4) is 0 Å². The van der Waals surface area contributed by atoms with Crippen molar-refractivity contribution in [3.05, 3.63) is 17.8 Å². The molecule has 0 spiro atoms. The number of nitrogen functional groups attached to an aromatic ring is 1. The largest absolute Gasteiger partial charge is 0.480 e. The van der Waals surface area contributed by atoms with Gasteiger partial charge < -0.3 is 10.5 Å². The van der Waals surface area contributed by atoms with E-state index in [-0.39, 0.29) is 0 Å². The number of nitrogens with two attached hydrogens (primary N) is 1. The van der Waals surface area contributed by atoms with Crippen LogP contribution in [0.2, 0.25) is 0 Å². The van der Waals surface area contributed by atoms with E-state index in [1.54, 1.807) is 13.3 Å². The summed E-state index contributed by atoms with van der Waals surface area (Å²) in [6.07, 6.45) is 1.67. The molecule has 1 rings (SSSR count). The first-order chi connectivity index (χ1) is 4.75. The first-order valence-corrected chi connectivity index (χ1v) is 3.00. The Balaban J connectivity index is 3.14. The third kappa shape index (κ3) is 1.03. The van der Waals surface area contributed by atoms with Crippen molar-refractivity contribution in [2.75, 3.05) is 12.8 Å². The third-order valence-electron chi connectivity index (χ3n) is 1.36. The minimum atomic E-state index is 0.500. The molecule has 1 aromatic heterocycles. The van der Waals surface area contributed by atoms with Crippen molar-refractivity contribution in [1.29, 1.82) is 0 Å². The highest BCUT2D eigenvalue weighted by molar-refractivity contribution is 5.53. The van der Waals surface area contributed by atoms with Gasteiger partial charge in [0, 0.05) is 6.20 Å². The van der Waals surface area contributed by atoms with E-state index in [0.29, 0.717) is 11.6 Å². The Morgan fingerprint density at radius 1 is 1.60 bits per heavy atom. The van der Waals surface area contributed by atoms with Gasteiger partial charge in [0.2, 0.25) is 5.88 Å². The number of aromatic nitrogens is 1. The van der Waals surface area contributed by atoms with Crippen molar-refractivity contribution < 1.29 is 4.74 Å². The summed E-state index contributed by atoms with van der Waals surface area (Å²) in [6.45, 7) is 1.92. The van der Waals surface area contributed by atoms with Gasteiger partial charge in [-0.15, -0.1) is 0 Å². The van der Waals surface area contributed by atoms with Crippen molar-refractivity contribution in [3.8, 4) is 5.88 Å². The smallest absolute Gasteiger partial charge is 0.237 e. The molecule has 0 aliphatic carbocycles. The van der Waals surface area contributed by atoms with E-state index < -0.39 is 0 Å². The summed E-state index contributed by atoms with van der Waals surface area (Å²) in [5.74, 6) is 0.500. The molecule has 10 heavy (non-hydrogen) atoms. The summed E-state index contributed by atoms with van der Waals surface area (Å²) in [5, 5.41) is 0. The average Bonchev–Trinajstić information content (AvgIpc) is 1.95. The highest BCUT2D eigenvalue weighted by Crippen LogP contribution is 2.19. The van der Waals surface area contributed by atoms with Crippen molar-refractivity contribution in [2.45, 2.75) is 6.92 Å². The number of hydrogen-bond donors (Lipinski definition) is 1. The molecule has 2 N–H and O–H groups in total. The fourth-order valence-corrected chi connectivity index (χ4v) is 0.707. The Morgan fingerprint density at radius 2 is 2.30 bits per heavy atom. The summed E-state index contributed by atoms with van der Waals surface area (Å²) in [7, 11) is 1.55. The van der Waals surface area contributed by atoms with Gasteiger partial charge in [0.15, 0.2) is 0 Å². The highest BCUT2D eigenvalue weighted by atomic mass is 16.5. The third-order valence-corrected chi connectivity index (χ3v) is 1.36. The Bertz CT molecular complexity index is 235. The number of pyridine rings is 1. The van der Waals surface area contributed by atoms with Crippen molar-refractivity contribution in [3.63, 3.8) is 0 Å². The number of anilines is 1. The molecule has 0 aliphatic rings. The number of hydrogen-bond acceptors (Lipinski definition) is 3. The second-order valence-electron chi connectivity index (χ2n) is 2.05. The van der Waals surface area contributed by atoms with E-state index in [2.05, 4.69) is 4.98 Å². The predicted molar refractivity (Wildman–Crippen MR) is 39.9 cm³/mol. The summed E-state index contributed by atoms with van der Waals surface area (Å²) < 4.78 is 4.89. The highest BCUT2D eigenvalue weighted by Gasteiger charge is 2.00. The first-order valence-electron chi connectivity index (χ1n) is 3.00. The summed E-state index contributed by atoms with van der Waals surface area (Å²) in [4.78, 5) is 3.91. The Labute approximate surface area is 59.8 Å². The Hall–Kier alpha value is -1.25.